The van der Waals surface area contributed by atoms with Crippen LogP contribution < -0.4 is 5.32 Å². The summed E-state index contributed by atoms with van der Waals surface area (Å²) in [5, 5.41) is 18.9. The smallest absolute Gasteiger partial charge is 0.339 e. The van der Waals surface area contributed by atoms with Gasteiger partial charge in [0.15, 0.2) is 11.3 Å². The number of carboxylic acids is 1. The number of hydrogen-bond acceptors (Lipinski definition) is 5. The third kappa shape index (κ3) is 3.27. The minimum absolute atomic E-state index is 0.0255. The van der Waals surface area contributed by atoms with Crippen LogP contribution in [0.4, 0.5) is 5.00 Å². The van der Waals surface area contributed by atoms with E-state index in [0.29, 0.717) is 21.8 Å². The van der Waals surface area contributed by atoms with Crippen LogP contribution >= 0.6 is 22.9 Å². The molecule has 0 aliphatic carbocycles. The molecule has 0 bridgehead atoms. The number of amides is 1. The van der Waals surface area contributed by atoms with Gasteiger partial charge in [-0.25, -0.2) is 14.3 Å². The number of fused-ring (bicyclic) bond motifs is 1. The van der Waals surface area contributed by atoms with Crippen LogP contribution in [0.2, 0.25) is 5.02 Å². The zero-order valence-corrected chi connectivity index (χ0v) is 15.2. The highest BCUT2D eigenvalue weighted by Crippen LogP contribution is 2.36. The van der Waals surface area contributed by atoms with Crippen molar-refractivity contribution < 1.29 is 14.7 Å². The Balaban J connectivity index is 1.68. The zero-order valence-electron chi connectivity index (χ0n) is 13.6. The Bertz CT molecular complexity index is 1130. The molecule has 4 rings (SSSR count). The van der Waals surface area contributed by atoms with E-state index in [9.17, 15) is 14.7 Å². The molecule has 0 saturated heterocycles. The van der Waals surface area contributed by atoms with Crippen molar-refractivity contribution in [3.05, 3.63) is 70.5 Å². The van der Waals surface area contributed by atoms with E-state index in [1.165, 1.54) is 10.6 Å². The lowest BCUT2D eigenvalue weighted by atomic mass is 10.0. The maximum absolute atomic E-state index is 12.5. The van der Waals surface area contributed by atoms with Gasteiger partial charge in [-0.2, -0.15) is 5.10 Å². The Hall–Kier alpha value is -3.23. The van der Waals surface area contributed by atoms with Crippen molar-refractivity contribution in [1.82, 2.24) is 14.6 Å². The number of aromatic carboxylic acids is 1. The highest BCUT2D eigenvalue weighted by atomic mass is 35.5. The Morgan fingerprint density at radius 3 is 2.70 bits per heavy atom. The van der Waals surface area contributed by atoms with Crippen LogP contribution in [0, 0.1) is 0 Å². The van der Waals surface area contributed by atoms with Gasteiger partial charge in [-0.05, 0) is 23.8 Å². The van der Waals surface area contributed by atoms with Crippen molar-refractivity contribution in [2.75, 3.05) is 5.32 Å². The molecule has 4 aromatic rings. The maximum Gasteiger partial charge on any atom is 0.339 e. The first-order valence-electron chi connectivity index (χ1n) is 7.75. The number of hydrogen-bond donors (Lipinski definition) is 2. The summed E-state index contributed by atoms with van der Waals surface area (Å²) in [6.07, 6.45) is 3.27. The third-order valence-corrected chi connectivity index (χ3v) is 5.00. The van der Waals surface area contributed by atoms with Crippen molar-refractivity contribution in [2.24, 2.45) is 0 Å². The lowest BCUT2D eigenvalue weighted by Gasteiger charge is -2.05. The van der Waals surface area contributed by atoms with E-state index in [4.69, 9.17) is 11.6 Å². The van der Waals surface area contributed by atoms with Crippen molar-refractivity contribution >= 4 is 45.5 Å². The summed E-state index contributed by atoms with van der Waals surface area (Å²) in [7, 11) is 0. The van der Waals surface area contributed by atoms with Gasteiger partial charge in [0.05, 0.1) is 0 Å². The normalized spacial score (nSPS) is 10.9. The molecule has 7 nitrogen and oxygen atoms in total. The number of halogens is 1. The van der Waals surface area contributed by atoms with Gasteiger partial charge in [0, 0.05) is 34.4 Å². The molecule has 3 heterocycles. The zero-order chi connectivity index (χ0) is 19.0. The Kier molecular flexibility index (Phi) is 4.35. The second kappa shape index (κ2) is 6.82. The van der Waals surface area contributed by atoms with Crippen LogP contribution in [0.15, 0.2) is 54.2 Å². The van der Waals surface area contributed by atoms with Crippen LogP contribution in [0.3, 0.4) is 0 Å². The molecule has 0 radical (unpaired) electrons. The molecule has 0 saturated carbocycles. The predicted octanol–water partition coefficient (Wildman–Crippen LogP) is 4.06. The van der Waals surface area contributed by atoms with Gasteiger partial charge in [0.25, 0.3) is 5.91 Å². The summed E-state index contributed by atoms with van der Waals surface area (Å²) in [5.74, 6) is -1.64. The fraction of sp³-hybridized carbons (Fsp3) is 0. The van der Waals surface area contributed by atoms with Gasteiger partial charge >= 0.3 is 5.97 Å². The summed E-state index contributed by atoms with van der Waals surface area (Å²) >= 11 is 7.03. The number of nitrogens with zero attached hydrogens (tertiary/aromatic N) is 3. The van der Waals surface area contributed by atoms with Crippen molar-refractivity contribution in [2.45, 2.75) is 0 Å². The van der Waals surface area contributed by atoms with Crippen molar-refractivity contribution in [3.8, 4) is 11.1 Å². The van der Waals surface area contributed by atoms with Crippen molar-refractivity contribution in [3.63, 3.8) is 0 Å². The predicted molar refractivity (Wildman–Crippen MR) is 103 cm³/mol. The fourth-order valence-corrected chi connectivity index (χ4v) is 3.69. The van der Waals surface area contributed by atoms with E-state index in [1.807, 2.05) is 0 Å². The quantitative estimate of drug-likeness (QED) is 0.540. The minimum atomic E-state index is -1.13. The second-order valence-corrected chi connectivity index (χ2v) is 6.89. The van der Waals surface area contributed by atoms with E-state index < -0.39 is 11.9 Å². The van der Waals surface area contributed by atoms with Gasteiger partial charge in [-0.3, -0.25) is 4.79 Å². The highest BCUT2D eigenvalue weighted by molar-refractivity contribution is 7.15. The molecule has 1 aromatic carbocycles. The number of benzene rings is 1. The number of anilines is 1. The van der Waals surface area contributed by atoms with Gasteiger partial charge in [-0.15, -0.1) is 11.3 Å². The fourth-order valence-electron chi connectivity index (χ4n) is 2.61. The summed E-state index contributed by atoms with van der Waals surface area (Å²) in [5.41, 5.74) is 1.90. The summed E-state index contributed by atoms with van der Waals surface area (Å²) in [6.45, 7) is 0. The molecule has 0 spiro atoms. The molecule has 0 aliphatic heterocycles. The largest absolute Gasteiger partial charge is 0.478 e. The average Bonchev–Trinajstić information content (AvgIpc) is 3.26. The number of thiophene rings is 1. The molecule has 0 fully saturated rings. The molecule has 0 aliphatic rings. The Labute approximate surface area is 161 Å². The van der Waals surface area contributed by atoms with Gasteiger partial charge in [0.1, 0.15) is 10.6 Å². The molecule has 0 atom stereocenters. The molecular formula is C18H11ClN4O3S. The number of nitrogens with one attached hydrogen (secondary N) is 1. The standard InChI is InChI=1S/C18H11ClN4O3S/c19-11-4-2-10(3-5-11)12-9-27-17(15(12)18(25)26)21-16(24)13-8-14-20-6-1-7-23(14)22-13/h1-9H,(H,21,24)(H,25,26). The topological polar surface area (TPSA) is 96.6 Å². The SMILES string of the molecule is O=C(Nc1scc(-c2ccc(Cl)cc2)c1C(=O)O)c1cc2ncccn2n1. The van der Waals surface area contributed by atoms with E-state index in [0.717, 1.165) is 11.3 Å². The molecule has 3 aromatic heterocycles. The van der Waals surface area contributed by atoms with Crippen LogP contribution in [0.5, 0.6) is 0 Å². The van der Waals surface area contributed by atoms with Crippen LogP contribution in [-0.2, 0) is 0 Å². The van der Waals surface area contributed by atoms with Gasteiger partial charge < -0.3 is 10.4 Å². The first-order chi connectivity index (χ1) is 13.0. The monoisotopic (exact) mass is 398 g/mol. The Morgan fingerprint density at radius 2 is 2.00 bits per heavy atom. The highest BCUT2D eigenvalue weighted by Gasteiger charge is 2.22. The van der Waals surface area contributed by atoms with E-state index >= 15 is 0 Å². The molecule has 0 unspecified atom stereocenters. The van der Waals surface area contributed by atoms with Gasteiger partial charge in [0.2, 0.25) is 0 Å². The first-order valence-corrected chi connectivity index (χ1v) is 9.01. The second-order valence-electron chi connectivity index (χ2n) is 5.57. The van der Waals surface area contributed by atoms with Crippen LogP contribution in [-0.4, -0.2) is 31.6 Å². The lowest BCUT2D eigenvalue weighted by molar-refractivity contribution is 0.0699. The minimum Gasteiger partial charge on any atom is -0.478 e. The summed E-state index contributed by atoms with van der Waals surface area (Å²) in [4.78, 5) is 28.4. The lowest BCUT2D eigenvalue weighted by Crippen LogP contribution is -2.14. The molecule has 9 heteroatoms. The number of carboxylic acid groups (broad SMARTS) is 1. The maximum atomic E-state index is 12.5. The van der Waals surface area contributed by atoms with E-state index in [2.05, 4.69) is 15.4 Å². The van der Waals surface area contributed by atoms with Gasteiger partial charge in [-0.1, -0.05) is 23.7 Å². The Morgan fingerprint density at radius 1 is 1.22 bits per heavy atom. The molecule has 1 amide bonds. The summed E-state index contributed by atoms with van der Waals surface area (Å²) in [6, 6.07) is 10.1. The molecular weight excluding hydrogens is 388 g/mol. The van der Waals surface area contributed by atoms with Crippen LogP contribution in [0.25, 0.3) is 16.8 Å². The number of carbonyl (C=O) groups excluding carboxylic acids is 1. The third-order valence-electron chi connectivity index (χ3n) is 3.86. The summed E-state index contributed by atoms with van der Waals surface area (Å²) < 4.78 is 1.47. The van der Waals surface area contributed by atoms with E-state index in [1.54, 1.807) is 48.1 Å². The molecule has 27 heavy (non-hydrogen) atoms. The van der Waals surface area contributed by atoms with E-state index in [-0.39, 0.29) is 16.3 Å². The number of carbonyl (C=O) groups is 2. The average molecular weight is 399 g/mol. The van der Waals surface area contributed by atoms with Crippen molar-refractivity contribution in [1.29, 1.82) is 0 Å². The molecule has 2 N–H and O–H groups in total. The molecule has 134 valence electrons. The number of aromatic nitrogens is 3. The van der Waals surface area contributed by atoms with Crippen LogP contribution in [0.1, 0.15) is 20.8 Å². The first kappa shape index (κ1) is 17.2. The number of rotatable bonds is 4.